The number of hydrogen-bond donors (Lipinski definition) is 0. The highest BCUT2D eigenvalue weighted by Gasteiger charge is 2.19. The number of thiophene rings is 1. The third-order valence-corrected chi connectivity index (χ3v) is 8.58. The summed E-state index contributed by atoms with van der Waals surface area (Å²) >= 11 is 1.90. The Hall–Kier alpha value is -4.40. The van der Waals surface area contributed by atoms with E-state index in [0.29, 0.717) is 0 Å². The Morgan fingerprint density at radius 2 is 1.22 bits per heavy atom. The third kappa shape index (κ3) is 2.76. The summed E-state index contributed by atoms with van der Waals surface area (Å²) in [4.78, 5) is 0. The molecule has 0 radical (unpaired) electrons. The first-order valence-corrected chi connectivity index (χ1v) is 13.1. The van der Waals surface area contributed by atoms with Gasteiger partial charge in [-0.3, -0.25) is 0 Å². The highest BCUT2D eigenvalue weighted by molar-refractivity contribution is 7.26. The summed E-state index contributed by atoms with van der Waals surface area (Å²) in [7, 11) is 0. The molecule has 8 aromatic rings. The minimum absolute atomic E-state index is 1.23. The predicted molar refractivity (Wildman–Crippen MR) is 157 cm³/mol. The molecule has 0 atom stereocenters. The molecule has 0 amide bonds. The van der Waals surface area contributed by atoms with Crippen molar-refractivity contribution in [3.05, 3.63) is 127 Å². The quantitative estimate of drug-likeness (QED) is 0.234. The first-order chi connectivity index (χ1) is 17.9. The van der Waals surface area contributed by atoms with E-state index in [9.17, 15) is 0 Å². The van der Waals surface area contributed by atoms with Crippen LogP contribution < -0.4 is 0 Å². The van der Waals surface area contributed by atoms with E-state index in [-0.39, 0.29) is 0 Å². The fourth-order valence-electron chi connectivity index (χ4n) is 5.74. The smallest absolute Gasteiger partial charge is 0.0720 e. The van der Waals surface area contributed by atoms with Gasteiger partial charge in [-0.2, -0.15) is 0 Å². The molecular weight excluding hydrogens is 454 g/mol. The van der Waals surface area contributed by atoms with Gasteiger partial charge in [-0.1, -0.05) is 103 Å². The van der Waals surface area contributed by atoms with Crippen molar-refractivity contribution in [2.24, 2.45) is 0 Å². The number of benzene rings is 6. The van der Waals surface area contributed by atoms with Gasteiger partial charge in [-0.15, -0.1) is 11.3 Å². The van der Waals surface area contributed by atoms with E-state index in [4.69, 9.17) is 0 Å². The molecule has 2 heteroatoms. The van der Waals surface area contributed by atoms with Crippen LogP contribution in [0.15, 0.2) is 127 Å². The number of hydrogen-bond acceptors (Lipinski definition) is 1. The predicted octanol–water partition coefficient (Wildman–Crippen LogP) is 9.97. The van der Waals surface area contributed by atoms with E-state index in [2.05, 4.69) is 132 Å². The Morgan fingerprint density at radius 3 is 2.14 bits per heavy atom. The normalized spacial score (nSPS) is 11.9. The van der Waals surface area contributed by atoms with Gasteiger partial charge in [-0.05, 0) is 40.8 Å². The first-order valence-electron chi connectivity index (χ1n) is 12.3. The summed E-state index contributed by atoms with van der Waals surface area (Å²) in [6, 6.07) is 46.4. The topological polar surface area (TPSA) is 4.93 Å². The lowest BCUT2D eigenvalue weighted by molar-refractivity contribution is 1.21. The van der Waals surface area contributed by atoms with Crippen LogP contribution in [0.25, 0.3) is 69.6 Å². The van der Waals surface area contributed by atoms with Crippen molar-refractivity contribution in [2.45, 2.75) is 0 Å². The number of nitrogens with zero attached hydrogens (tertiary/aromatic N) is 1. The Bertz CT molecular complexity index is 2090. The molecule has 36 heavy (non-hydrogen) atoms. The van der Waals surface area contributed by atoms with Crippen LogP contribution in [0.2, 0.25) is 0 Å². The molecule has 1 nitrogen and oxygen atoms in total. The molecule has 0 bridgehead atoms. The Kier molecular flexibility index (Phi) is 4.16. The average Bonchev–Trinajstić information content (AvgIpc) is 3.49. The molecular formula is C34H21NS. The van der Waals surface area contributed by atoms with Gasteiger partial charge in [0.1, 0.15) is 0 Å². The molecule has 0 aliphatic rings. The molecule has 2 heterocycles. The van der Waals surface area contributed by atoms with Gasteiger partial charge in [0, 0.05) is 31.6 Å². The van der Waals surface area contributed by atoms with Crippen molar-refractivity contribution in [2.75, 3.05) is 0 Å². The highest BCUT2D eigenvalue weighted by Crippen LogP contribution is 2.44. The molecule has 6 aromatic carbocycles. The van der Waals surface area contributed by atoms with Crippen molar-refractivity contribution in [3.8, 4) is 16.8 Å². The third-order valence-electron chi connectivity index (χ3n) is 7.39. The summed E-state index contributed by atoms with van der Waals surface area (Å²) in [5.41, 5.74) is 6.26. The summed E-state index contributed by atoms with van der Waals surface area (Å²) in [6.07, 6.45) is 0. The Morgan fingerprint density at radius 1 is 0.472 bits per heavy atom. The number of rotatable bonds is 2. The van der Waals surface area contributed by atoms with E-state index in [1.54, 1.807) is 0 Å². The zero-order chi connectivity index (χ0) is 23.6. The monoisotopic (exact) mass is 475 g/mol. The van der Waals surface area contributed by atoms with Gasteiger partial charge in [-0.25, -0.2) is 0 Å². The number of fused-ring (bicyclic) bond motifs is 8. The Labute approximate surface area is 212 Å². The molecule has 2 aromatic heterocycles. The van der Waals surface area contributed by atoms with Crippen molar-refractivity contribution >= 4 is 64.1 Å². The summed E-state index contributed by atoms with van der Waals surface area (Å²) in [5.74, 6) is 0. The van der Waals surface area contributed by atoms with Gasteiger partial charge in [0.15, 0.2) is 0 Å². The molecule has 0 spiro atoms. The Balaban J connectivity index is 1.58. The van der Waals surface area contributed by atoms with Gasteiger partial charge in [0.05, 0.1) is 21.4 Å². The van der Waals surface area contributed by atoms with Crippen LogP contribution in [-0.4, -0.2) is 4.57 Å². The summed E-state index contributed by atoms with van der Waals surface area (Å²) < 4.78 is 5.18. The molecule has 0 fully saturated rings. The molecule has 0 saturated carbocycles. The van der Waals surface area contributed by atoms with Crippen molar-refractivity contribution in [3.63, 3.8) is 0 Å². The maximum atomic E-state index is 2.50. The molecule has 0 aliphatic carbocycles. The minimum Gasteiger partial charge on any atom is -0.307 e. The zero-order valence-electron chi connectivity index (χ0n) is 19.5. The lowest BCUT2D eigenvalue weighted by Gasteiger charge is -2.12. The molecule has 0 unspecified atom stereocenters. The minimum atomic E-state index is 1.23. The average molecular weight is 476 g/mol. The summed E-state index contributed by atoms with van der Waals surface area (Å²) in [5, 5.41) is 7.78. The van der Waals surface area contributed by atoms with Crippen LogP contribution in [0.1, 0.15) is 0 Å². The van der Waals surface area contributed by atoms with E-state index >= 15 is 0 Å². The second kappa shape index (κ2) is 7.55. The van der Waals surface area contributed by atoms with Crippen molar-refractivity contribution < 1.29 is 0 Å². The molecule has 0 saturated heterocycles. The molecule has 0 aliphatic heterocycles. The van der Waals surface area contributed by atoms with Crippen LogP contribution in [0.3, 0.4) is 0 Å². The molecule has 8 rings (SSSR count). The fourth-order valence-corrected chi connectivity index (χ4v) is 6.99. The molecule has 0 N–H and O–H groups in total. The molecule has 168 valence electrons. The van der Waals surface area contributed by atoms with Crippen LogP contribution >= 0.6 is 11.3 Å². The number of aromatic nitrogens is 1. The van der Waals surface area contributed by atoms with Crippen LogP contribution in [0.4, 0.5) is 0 Å². The van der Waals surface area contributed by atoms with Crippen molar-refractivity contribution in [1.82, 2.24) is 4.57 Å². The van der Waals surface area contributed by atoms with Crippen LogP contribution in [0, 0.1) is 0 Å². The van der Waals surface area contributed by atoms with Gasteiger partial charge in [0.25, 0.3) is 0 Å². The summed E-state index contributed by atoms with van der Waals surface area (Å²) in [6.45, 7) is 0. The van der Waals surface area contributed by atoms with E-state index in [0.717, 1.165) is 0 Å². The van der Waals surface area contributed by atoms with E-state index in [1.807, 2.05) is 11.3 Å². The fraction of sp³-hybridized carbons (Fsp3) is 0. The maximum absolute atomic E-state index is 2.50. The highest BCUT2D eigenvalue weighted by atomic mass is 32.1. The second-order valence-corrected chi connectivity index (χ2v) is 10.4. The zero-order valence-corrected chi connectivity index (χ0v) is 20.3. The maximum Gasteiger partial charge on any atom is 0.0720 e. The van der Waals surface area contributed by atoms with E-state index in [1.165, 1.54) is 69.6 Å². The first kappa shape index (κ1) is 19.9. The lowest BCUT2D eigenvalue weighted by atomic mass is 10.0. The SMILES string of the molecule is c1ccc(-c2ccc3c(c2)c2ccc4c5ccccc5sc4c2n3-c2cccc3ccccc23)cc1. The van der Waals surface area contributed by atoms with Gasteiger partial charge < -0.3 is 4.57 Å². The van der Waals surface area contributed by atoms with Crippen LogP contribution in [0.5, 0.6) is 0 Å². The van der Waals surface area contributed by atoms with Gasteiger partial charge in [0.2, 0.25) is 0 Å². The standard InChI is InChI=1S/C34H21NS/c1-2-9-22(10-3-1)24-17-20-31-29(21-24)27-18-19-28-26-14-6-7-16-32(26)36-34(28)33(27)35(31)30-15-8-12-23-11-4-5-13-25(23)30/h1-21H. The largest absolute Gasteiger partial charge is 0.307 e. The lowest BCUT2D eigenvalue weighted by Crippen LogP contribution is -1.95. The van der Waals surface area contributed by atoms with Gasteiger partial charge >= 0.3 is 0 Å². The van der Waals surface area contributed by atoms with Crippen molar-refractivity contribution in [1.29, 1.82) is 0 Å². The van der Waals surface area contributed by atoms with E-state index < -0.39 is 0 Å². The second-order valence-electron chi connectivity index (χ2n) is 9.37. The van der Waals surface area contributed by atoms with Crippen LogP contribution in [-0.2, 0) is 0 Å².